The molecule has 5 heteroatoms. The van der Waals surface area contributed by atoms with Crippen molar-refractivity contribution in [1.29, 1.82) is 0 Å². The molecule has 0 spiro atoms. The van der Waals surface area contributed by atoms with E-state index >= 15 is 0 Å². The van der Waals surface area contributed by atoms with Crippen LogP contribution in [0.25, 0.3) is 10.4 Å². The molecule has 0 saturated carbocycles. The lowest BCUT2D eigenvalue weighted by Crippen LogP contribution is -1.75. The second-order valence-corrected chi connectivity index (χ2v) is 3.95. The summed E-state index contributed by atoms with van der Waals surface area (Å²) in [5, 5.41) is 3.51. The number of nitrogens with zero attached hydrogens (tertiary/aromatic N) is 3. The van der Waals surface area contributed by atoms with Crippen LogP contribution in [-0.4, -0.2) is 0 Å². The molecule has 62 valence electrons. The lowest BCUT2D eigenvalue weighted by Gasteiger charge is -2.01. The number of benzene rings is 1. The van der Waals surface area contributed by atoms with E-state index in [-0.39, 0.29) is 0 Å². The summed E-state index contributed by atoms with van der Waals surface area (Å²) < 4.78 is 1.74. The molecule has 1 aromatic carbocycles. The van der Waals surface area contributed by atoms with E-state index in [1.54, 1.807) is 6.07 Å². The first kappa shape index (κ1) is 9.58. The zero-order valence-corrected chi connectivity index (χ0v) is 9.42. The Morgan fingerprint density at radius 3 is 2.58 bits per heavy atom. The maximum Gasteiger partial charge on any atom is 0.0528 e. The number of hydrogen-bond acceptors (Lipinski definition) is 1. The third-order valence-electron chi connectivity index (χ3n) is 1.38. The standard InChI is InChI=1S/C7H5Br2N3/c1-4-2-6(9)7(11-12-10)3-5(4)8/h2-3H,1H3. The van der Waals surface area contributed by atoms with Crippen LogP contribution in [0.2, 0.25) is 0 Å². The number of rotatable bonds is 1. The topological polar surface area (TPSA) is 48.8 Å². The number of halogens is 2. The predicted octanol–water partition coefficient (Wildman–Crippen LogP) is 4.46. The van der Waals surface area contributed by atoms with Gasteiger partial charge in [0.1, 0.15) is 0 Å². The van der Waals surface area contributed by atoms with Crippen LogP contribution in [0, 0.1) is 6.92 Å². The normalized spacial score (nSPS) is 9.25. The fourth-order valence-corrected chi connectivity index (χ4v) is 1.63. The van der Waals surface area contributed by atoms with Crippen LogP contribution in [0.5, 0.6) is 0 Å². The van der Waals surface area contributed by atoms with Gasteiger partial charge in [-0.2, -0.15) is 0 Å². The van der Waals surface area contributed by atoms with Crippen molar-refractivity contribution in [1.82, 2.24) is 0 Å². The highest BCUT2D eigenvalue weighted by Crippen LogP contribution is 2.31. The summed E-state index contributed by atoms with van der Waals surface area (Å²) in [4.78, 5) is 2.71. The number of aryl methyl sites for hydroxylation is 1. The second kappa shape index (κ2) is 3.94. The summed E-state index contributed by atoms with van der Waals surface area (Å²) in [5.41, 5.74) is 9.92. The predicted molar refractivity (Wildman–Crippen MR) is 55.4 cm³/mol. The molecule has 3 nitrogen and oxygen atoms in total. The molecule has 0 aromatic heterocycles. The van der Waals surface area contributed by atoms with E-state index in [9.17, 15) is 0 Å². The van der Waals surface area contributed by atoms with Crippen LogP contribution in [0.3, 0.4) is 0 Å². The average Bonchev–Trinajstić information content (AvgIpc) is 2.01. The van der Waals surface area contributed by atoms with Crippen molar-refractivity contribution in [2.45, 2.75) is 6.92 Å². The van der Waals surface area contributed by atoms with Crippen molar-refractivity contribution in [3.63, 3.8) is 0 Å². The Labute approximate surface area is 86.7 Å². The molecular weight excluding hydrogens is 286 g/mol. The zero-order valence-electron chi connectivity index (χ0n) is 6.25. The Kier molecular flexibility index (Phi) is 3.14. The highest BCUT2D eigenvalue weighted by molar-refractivity contribution is 9.11. The Hall–Kier alpha value is -0.510. The van der Waals surface area contributed by atoms with Crippen LogP contribution in [-0.2, 0) is 0 Å². The van der Waals surface area contributed by atoms with Gasteiger partial charge < -0.3 is 0 Å². The number of azide groups is 1. The second-order valence-electron chi connectivity index (χ2n) is 2.24. The van der Waals surface area contributed by atoms with Crippen molar-refractivity contribution >= 4 is 37.5 Å². The first-order valence-electron chi connectivity index (χ1n) is 3.16. The van der Waals surface area contributed by atoms with E-state index in [1.165, 1.54) is 0 Å². The monoisotopic (exact) mass is 289 g/mol. The molecule has 0 N–H and O–H groups in total. The van der Waals surface area contributed by atoms with Gasteiger partial charge in [0.05, 0.1) is 5.69 Å². The molecule has 0 aliphatic carbocycles. The molecule has 0 aliphatic rings. The molecule has 0 bridgehead atoms. The quantitative estimate of drug-likeness (QED) is 0.416. The van der Waals surface area contributed by atoms with E-state index in [0.717, 1.165) is 14.5 Å². The maximum absolute atomic E-state index is 8.23. The molecule has 0 atom stereocenters. The summed E-state index contributed by atoms with van der Waals surface area (Å²) in [7, 11) is 0. The Morgan fingerprint density at radius 1 is 1.33 bits per heavy atom. The molecule has 1 rings (SSSR count). The summed E-state index contributed by atoms with van der Waals surface area (Å²) >= 11 is 6.64. The summed E-state index contributed by atoms with van der Waals surface area (Å²) in [6.45, 7) is 1.97. The number of hydrogen-bond donors (Lipinski definition) is 0. The van der Waals surface area contributed by atoms with Crippen LogP contribution >= 0.6 is 31.9 Å². The minimum absolute atomic E-state index is 0.593. The van der Waals surface area contributed by atoms with Gasteiger partial charge in [0.25, 0.3) is 0 Å². The summed E-state index contributed by atoms with van der Waals surface area (Å²) in [5.74, 6) is 0. The third kappa shape index (κ3) is 2.00. The fraction of sp³-hybridized carbons (Fsp3) is 0.143. The van der Waals surface area contributed by atoms with Crippen molar-refractivity contribution < 1.29 is 0 Å². The van der Waals surface area contributed by atoms with Crippen LogP contribution in [0.15, 0.2) is 26.2 Å². The van der Waals surface area contributed by atoms with Crippen LogP contribution < -0.4 is 0 Å². The fourth-order valence-electron chi connectivity index (χ4n) is 0.761. The van der Waals surface area contributed by atoms with Gasteiger partial charge in [0.15, 0.2) is 0 Å². The van der Waals surface area contributed by atoms with Crippen molar-refractivity contribution in [3.8, 4) is 0 Å². The smallest absolute Gasteiger partial charge is 0.0528 e. The Bertz CT molecular complexity index is 356. The van der Waals surface area contributed by atoms with Gasteiger partial charge in [-0.25, -0.2) is 0 Å². The van der Waals surface area contributed by atoms with Gasteiger partial charge in [0.2, 0.25) is 0 Å². The van der Waals surface area contributed by atoms with Crippen molar-refractivity contribution in [3.05, 3.63) is 37.1 Å². The van der Waals surface area contributed by atoms with E-state index in [0.29, 0.717) is 5.69 Å². The first-order valence-corrected chi connectivity index (χ1v) is 4.74. The average molecular weight is 291 g/mol. The summed E-state index contributed by atoms with van der Waals surface area (Å²) in [6, 6.07) is 3.67. The molecule has 0 unspecified atom stereocenters. The van der Waals surface area contributed by atoms with Gasteiger partial charge in [-0.05, 0) is 30.2 Å². The molecule has 0 aliphatic heterocycles. The first-order chi connectivity index (χ1) is 5.65. The Balaban J connectivity index is 3.32. The van der Waals surface area contributed by atoms with Crippen molar-refractivity contribution in [2.75, 3.05) is 0 Å². The zero-order chi connectivity index (χ0) is 9.14. The van der Waals surface area contributed by atoms with Crippen LogP contribution in [0.4, 0.5) is 5.69 Å². The highest BCUT2D eigenvalue weighted by Gasteiger charge is 2.01. The maximum atomic E-state index is 8.23. The van der Waals surface area contributed by atoms with E-state index < -0.39 is 0 Å². The molecule has 0 saturated heterocycles. The third-order valence-corrected chi connectivity index (χ3v) is 2.87. The van der Waals surface area contributed by atoms with E-state index in [4.69, 9.17) is 5.53 Å². The van der Waals surface area contributed by atoms with Crippen LogP contribution in [0.1, 0.15) is 5.56 Å². The van der Waals surface area contributed by atoms with Gasteiger partial charge in [0, 0.05) is 13.9 Å². The van der Waals surface area contributed by atoms with Gasteiger partial charge in [-0.15, -0.1) is 0 Å². The molecule has 0 amide bonds. The lowest BCUT2D eigenvalue weighted by atomic mass is 10.2. The van der Waals surface area contributed by atoms with Gasteiger partial charge in [-0.1, -0.05) is 37.0 Å². The van der Waals surface area contributed by atoms with Gasteiger partial charge >= 0.3 is 0 Å². The minimum atomic E-state index is 0.593. The highest BCUT2D eigenvalue weighted by atomic mass is 79.9. The molecular formula is C7H5Br2N3. The van der Waals surface area contributed by atoms with E-state index in [1.807, 2.05) is 13.0 Å². The van der Waals surface area contributed by atoms with Gasteiger partial charge in [-0.3, -0.25) is 0 Å². The molecule has 0 heterocycles. The molecule has 0 radical (unpaired) electrons. The molecule has 0 fully saturated rings. The van der Waals surface area contributed by atoms with E-state index in [2.05, 4.69) is 41.9 Å². The SMILES string of the molecule is Cc1cc(Br)c(N=[N+]=[N-])cc1Br. The lowest BCUT2D eigenvalue weighted by molar-refractivity contribution is 1.36. The van der Waals surface area contributed by atoms with Crippen molar-refractivity contribution in [2.24, 2.45) is 5.11 Å². The summed E-state index contributed by atoms with van der Waals surface area (Å²) in [6.07, 6.45) is 0. The Morgan fingerprint density at radius 2 is 2.00 bits per heavy atom. The largest absolute Gasteiger partial charge is 0.0596 e. The minimum Gasteiger partial charge on any atom is -0.0596 e. The molecule has 1 aromatic rings. The molecule has 12 heavy (non-hydrogen) atoms.